The van der Waals surface area contributed by atoms with Crippen molar-refractivity contribution in [2.45, 2.75) is 17.7 Å². The molecule has 2 aromatic carbocycles. The molecule has 0 bridgehead atoms. The second-order valence-corrected chi connectivity index (χ2v) is 7.97. The summed E-state index contributed by atoms with van der Waals surface area (Å²) >= 11 is 0. The minimum atomic E-state index is -3.35. The van der Waals surface area contributed by atoms with Gasteiger partial charge in [0.05, 0.1) is 4.90 Å². The smallest absolute Gasteiger partial charge is 0.255 e. The van der Waals surface area contributed by atoms with Crippen LogP contribution in [0, 0.1) is 0 Å². The zero-order chi connectivity index (χ0) is 18.0. The van der Waals surface area contributed by atoms with Gasteiger partial charge in [-0.2, -0.15) is 0 Å². The van der Waals surface area contributed by atoms with Crippen molar-refractivity contribution >= 4 is 33.0 Å². The van der Waals surface area contributed by atoms with E-state index in [0.29, 0.717) is 29.9 Å². The molecule has 2 aromatic rings. The van der Waals surface area contributed by atoms with Gasteiger partial charge in [-0.15, -0.1) is 0 Å². The molecule has 3 rings (SSSR count). The lowest BCUT2D eigenvalue weighted by molar-refractivity contribution is -0.117. The maximum atomic E-state index is 12.5. The maximum absolute atomic E-state index is 12.5. The summed E-state index contributed by atoms with van der Waals surface area (Å²) in [6, 6.07) is 12.9. The number of sulfone groups is 1. The fourth-order valence-corrected chi connectivity index (χ4v) is 3.41. The van der Waals surface area contributed by atoms with E-state index in [2.05, 4.69) is 5.32 Å². The Bertz CT molecular complexity index is 938. The van der Waals surface area contributed by atoms with Crippen LogP contribution in [0.15, 0.2) is 53.4 Å². The number of benzene rings is 2. The van der Waals surface area contributed by atoms with Gasteiger partial charge in [0, 0.05) is 36.2 Å². The van der Waals surface area contributed by atoms with Crippen molar-refractivity contribution in [3.8, 4) is 0 Å². The molecule has 7 heteroatoms. The van der Waals surface area contributed by atoms with Crippen LogP contribution >= 0.6 is 0 Å². The Morgan fingerprint density at radius 1 is 1.12 bits per heavy atom. The van der Waals surface area contributed by atoms with Gasteiger partial charge in [-0.3, -0.25) is 9.59 Å². The number of anilines is 2. The van der Waals surface area contributed by atoms with E-state index < -0.39 is 9.84 Å². The first-order chi connectivity index (χ1) is 11.8. The molecular formula is C18H18N2O4S. The number of carbonyl (C=O) groups is 2. The summed E-state index contributed by atoms with van der Waals surface area (Å²) in [7, 11) is -3.35. The molecule has 0 saturated carbocycles. The fourth-order valence-electron chi connectivity index (χ4n) is 2.74. The maximum Gasteiger partial charge on any atom is 0.255 e. The van der Waals surface area contributed by atoms with Gasteiger partial charge >= 0.3 is 0 Å². The van der Waals surface area contributed by atoms with E-state index >= 15 is 0 Å². The van der Waals surface area contributed by atoms with Gasteiger partial charge in [0.15, 0.2) is 9.84 Å². The first-order valence-corrected chi connectivity index (χ1v) is 9.76. The predicted molar refractivity (Wildman–Crippen MR) is 95.5 cm³/mol. The molecule has 1 aliphatic heterocycles. The molecule has 1 saturated heterocycles. The molecule has 1 aliphatic rings. The van der Waals surface area contributed by atoms with Crippen LogP contribution in [0.5, 0.6) is 0 Å². The summed E-state index contributed by atoms with van der Waals surface area (Å²) < 4.78 is 23.2. The molecular weight excluding hydrogens is 340 g/mol. The number of hydrogen-bond donors (Lipinski definition) is 1. The normalized spacial score (nSPS) is 14.6. The topological polar surface area (TPSA) is 83.6 Å². The van der Waals surface area contributed by atoms with E-state index in [4.69, 9.17) is 0 Å². The molecule has 0 radical (unpaired) electrons. The molecule has 25 heavy (non-hydrogen) atoms. The molecule has 0 aromatic heterocycles. The molecule has 1 fully saturated rings. The highest BCUT2D eigenvalue weighted by Gasteiger charge is 2.22. The van der Waals surface area contributed by atoms with Gasteiger partial charge in [0.2, 0.25) is 5.91 Å². The van der Waals surface area contributed by atoms with Gasteiger partial charge in [0.1, 0.15) is 0 Å². The SMILES string of the molecule is CS(=O)(=O)c1cccc(NC(=O)c2cccc(N3CCCC3=O)c2)c1. The van der Waals surface area contributed by atoms with Crippen LogP contribution in [0.3, 0.4) is 0 Å². The molecule has 0 atom stereocenters. The molecule has 130 valence electrons. The summed E-state index contributed by atoms with van der Waals surface area (Å²) in [4.78, 5) is 26.1. The lowest BCUT2D eigenvalue weighted by atomic mass is 10.1. The number of rotatable bonds is 4. The van der Waals surface area contributed by atoms with Crippen molar-refractivity contribution in [1.29, 1.82) is 0 Å². The van der Waals surface area contributed by atoms with E-state index in [1.54, 1.807) is 41.3 Å². The first-order valence-electron chi connectivity index (χ1n) is 7.86. The Labute approximate surface area is 146 Å². The third kappa shape index (κ3) is 3.88. The largest absolute Gasteiger partial charge is 0.322 e. The van der Waals surface area contributed by atoms with E-state index in [1.807, 2.05) is 0 Å². The second-order valence-electron chi connectivity index (χ2n) is 5.95. The van der Waals surface area contributed by atoms with Gasteiger partial charge in [-0.1, -0.05) is 12.1 Å². The lowest BCUT2D eigenvalue weighted by Gasteiger charge is -2.16. The van der Waals surface area contributed by atoms with E-state index in [1.165, 1.54) is 12.1 Å². The Hall–Kier alpha value is -2.67. The Morgan fingerprint density at radius 3 is 2.56 bits per heavy atom. The van der Waals surface area contributed by atoms with E-state index in [0.717, 1.165) is 12.7 Å². The third-order valence-corrected chi connectivity index (χ3v) is 5.12. The zero-order valence-corrected chi connectivity index (χ0v) is 14.5. The average molecular weight is 358 g/mol. The molecule has 6 nitrogen and oxygen atoms in total. The van der Waals surface area contributed by atoms with Crippen molar-refractivity contribution in [2.75, 3.05) is 23.0 Å². The summed E-state index contributed by atoms with van der Waals surface area (Å²) in [6.45, 7) is 0.653. The van der Waals surface area contributed by atoms with Gasteiger partial charge in [-0.05, 0) is 42.8 Å². The highest BCUT2D eigenvalue weighted by molar-refractivity contribution is 7.90. The highest BCUT2D eigenvalue weighted by Crippen LogP contribution is 2.23. The van der Waals surface area contributed by atoms with Crippen molar-refractivity contribution in [3.05, 3.63) is 54.1 Å². The Kier molecular flexibility index (Phi) is 4.59. The van der Waals surface area contributed by atoms with Crippen molar-refractivity contribution in [1.82, 2.24) is 0 Å². The van der Waals surface area contributed by atoms with Crippen LogP contribution in [0.4, 0.5) is 11.4 Å². The van der Waals surface area contributed by atoms with Gasteiger partial charge in [0.25, 0.3) is 5.91 Å². The van der Waals surface area contributed by atoms with E-state index in [9.17, 15) is 18.0 Å². The molecule has 1 heterocycles. The second kappa shape index (κ2) is 6.68. The molecule has 1 N–H and O–H groups in total. The van der Waals surface area contributed by atoms with Crippen LogP contribution in [-0.2, 0) is 14.6 Å². The summed E-state index contributed by atoms with van der Waals surface area (Å²) in [5.41, 5.74) is 1.50. The number of nitrogens with zero attached hydrogens (tertiary/aromatic N) is 1. The quantitative estimate of drug-likeness (QED) is 0.910. The average Bonchev–Trinajstić information content (AvgIpc) is 3.00. The van der Waals surface area contributed by atoms with Crippen molar-refractivity contribution in [2.24, 2.45) is 0 Å². The molecule has 0 aliphatic carbocycles. The number of amides is 2. The van der Waals surface area contributed by atoms with Crippen molar-refractivity contribution < 1.29 is 18.0 Å². The molecule has 0 spiro atoms. The zero-order valence-electron chi connectivity index (χ0n) is 13.7. The fraction of sp³-hybridized carbons (Fsp3) is 0.222. The monoisotopic (exact) mass is 358 g/mol. The van der Waals surface area contributed by atoms with Gasteiger partial charge < -0.3 is 10.2 Å². The van der Waals surface area contributed by atoms with Gasteiger partial charge in [-0.25, -0.2) is 8.42 Å². The highest BCUT2D eigenvalue weighted by atomic mass is 32.2. The third-order valence-electron chi connectivity index (χ3n) is 4.01. The standard InChI is InChI=1S/C18H18N2O4S/c1-25(23,24)16-8-3-6-14(12-16)19-18(22)13-5-2-7-15(11-13)20-10-4-9-17(20)21/h2-3,5-8,11-12H,4,9-10H2,1H3,(H,19,22). The van der Waals surface area contributed by atoms with E-state index in [-0.39, 0.29) is 16.7 Å². The minimum absolute atomic E-state index is 0.0541. The lowest BCUT2D eigenvalue weighted by Crippen LogP contribution is -2.24. The number of carbonyl (C=O) groups excluding carboxylic acids is 2. The van der Waals surface area contributed by atoms with Crippen molar-refractivity contribution in [3.63, 3.8) is 0 Å². The van der Waals surface area contributed by atoms with Crippen LogP contribution in [-0.4, -0.2) is 33.0 Å². The molecule has 0 unspecified atom stereocenters. The molecule has 2 amide bonds. The van der Waals surface area contributed by atoms with Crippen LogP contribution in [0.25, 0.3) is 0 Å². The van der Waals surface area contributed by atoms with Crippen LogP contribution in [0.1, 0.15) is 23.2 Å². The summed E-state index contributed by atoms with van der Waals surface area (Å²) in [5, 5.41) is 2.69. The summed E-state index contributed by atoms with van der Waals surface area (Å²) in [6.07, 6.45) is 2.45. The Morgan fingerprint density at radius 2 is 1.88 bits per heavy atom. The van der Waals surface area contributed by atoms with Crippen LogP contribution in [0.2, 0.25) is 0 Å². The minimum Gasteiger partial charge on any atom is -0.322 e. The number of nitrogens with one attached hydrogen (secondary N) is 1. The Balaban J connectivity index is 1.81. The predicted octanol–water partition coefficient (Wildman–Crippen LogP) is 2.47. The summed E-state index contributed by atoms with van der Waals surface area (Å²) in [5.74, 6) is -0.308. The van der Waals surface area contributed by atoms with Crippen LogP contribution < -0.4 is 10.2 Å². The first kappa shape index (κ1) is 17.2. The number of hydrogen-bond acceptors (Lipinski definition) is 4.